The van der Waals surface area contributed by atoms with Gasteiger partial charge in [0.15, 0.2) is 11.5 Å². The van der Waals surface area contributed by atoms with E-state index in [9.17, 15) is 31.1 Å². The van der Waals surface area contributed by atoms with E-state index in [1.807, 2.05) is 0 Å². The van der Waals surface area contributed by atoms with Gasteiger partial charge in [0.2, 0.25) is 12.7 Å². The van der Waals surface area contributed by atoms with Crippen LogP contribution in [0, 0.1) is 0 Å². The molecule has 2 aromatic carbocycles. The van der Waals surface area contributed by atoms with Crippen LogP contribution in [-0.4, -0.2) is 28.7 Å². The van der Waals surface area contributed by atoms with E-state index in [-0.39, 0.29) is 18.6 Å². The zero-order valence-electron chi connectivity index (χ0n) is 16.8. The number of ether oxygens (including phenoxy) is 2. The molecule has 1 amide bonds. The van der Waals surface area contributed by atoms with Gasteiger partial charge in [-0.05, 0) is 48.5 Å². The van der Waals surface area contributed by atoms with E-state index in [0.717, 1.165) is 17.3 Å². The number of aromatic nitrogens is 2. The molecule has 3 aromatic rings. The summed E-state index contributed by atoms with van der Waals surface area (Å²) in [7, 11) is 0. The highest BCUT2D eigenvalue weighted by atomic mass is 32.2. The number of hydrogen-bond donors (Lipinski definition) is 1. The first kappa shape index (κ1) is 23.7. The highest BCUT2D eigenvalue weighted by Crippen LogP contribution is 2.38. The van der Waals surface area contributed by atoms with E-state index in [1.54, 1.807) is 30.3 Å². The standard InChI is InChI=1S/C21H13F6N3O3S/c22-20(23,24)12-6-13(21(25,26)27)8-14(7-12)28-18(31)9-34-19-4-2-15(29-30-19)11-1-3-16-17(5-11)33-10-32-16/h1-8H,9-10H2,(H,28,31). The van der Waals surface area contributed by atoms with Crippen molar-refractivity contribution in [2.45, 2.75) is 17.4 Å². The molecule has 0 unspecified atom stereocenters. The Kier molecular flexibility index (Phi) is 6.30. The number of carbonyl (C=O) groups is 1. The first-order valence-corrected chi connectivity index (χ1v) is 10.4. The van der Waals surface area contributed by atoms with Crippen LogP contribution in [0.2, 0.25) is 0 Å². The Morgan fingerprint density at radius 3 is 2.18 bits per heavy atom. The lowest BCUT2D eigenvalue weighted by molar-refractivity contribution is -0.143. The van der Waals surface area contributed by atoms with Crippen LogP contribution in [0.3, 0.4) is 0 Å². The monoisotopic (exact) mass is 501 g/mol. The zero-order valence-corrected chi connectivity index (χ0v) is 17.6. The minimum atomic E-state index is -5.01. The van der Waals surface area contributed by atoms with Gasteiger partial charge in [-0.3, -0.25) is 4.79 Å². The molecule has 13 heteroatoms. The molecule has 0 saturated heterocycles. The van der Waals surface area contributed by atoms with Crippen molar-refractivity contribution in [2.75, 3.05) is 17.9 Å². The summed E-state index contributed by atoms with van der Waals surface area (Å²) >= 11 is 0.916. The molecule has 0 saturated carbocycles. The molecule has 0 bridgehead atoms. The zero-order chi connectivity index (χ0) is 24.5. The van der Waals surface area contributed by atoms with Crippen LogP contribution >= 0.6 is 11.8 Å². The Labute approximate surface area is 192 Å². The number of fused-ring (bicyclic) bond motifs is 1. The SMILES string of the molecule is O=C(CSc1ccc(-c2ccc3c(c2)OCO3)nn1)Nc1cc(C(F)(F)F)cc(C(F)(F)F)c1. The predicted octanol–water partition coefficient (Wildman–Crippen LogP) is 5.64. The maximum Gasteiger partial charge on any atom is 0.416 e. The summed E-state index contributed by atoms with van der Waals surface area (Å²) < 4.78 is 88.3. The van der Waals surface area contributed by atoms with Crippen LogP contribution in [0.15, 0.2) is 53.6 Å². The van der Waals surface area contributed by atoms with Gasteiger partial charge in [0.05, 0.1) is 22.6 Å². The van der Waals surface area contributed by atoms with Crippen molar-refractivity contribution in [3.05, 3.63) is 59.7 Å². The van der Waals surface area contributed by atoms with E-state index < -0.39 is 35.1 Å². The molecule has 2 heterocycles. The van der Waals surface area contributed by atoms with Crippen molar-refractivity contribution in [1.82, 2.24) is 10.2 Å². The predicted molar refractivity (Wildman–Crippen MR) is 109 cm³/mol. The molecule has 0 aliphatic carbocycles. The third-order valence-electron chi connectivity index (χ3n) is 4.53. The number of benzene rings is 2. The number of carbonyl (C=O) groups excluding carboxylic acids is 1. The lowest BCUT2D eigenvalue weighted by Gasteiger charge is -2.14. The van der Waals surface area contributed by atoms with E-state index >= 15 is 0 Å². The molecule has 0 fully saturated rings. The topological polar surface area (TPSA) is 73.3 Å². The van der Waals surface area contributed by atoms with Gasteiger partial charge in [-0.15, -0.1) is 10.2 Å². The fraction of sp³-hybridized carbons (Fsp3) is 0.190. The maximum atomic E-state index is 13.0. The summed E-state index contributed by atoms with van der Waals surface area (Å²) in [4.78, 5) is 12.1. The lowest BCUT2D eigenvalue weighted by atomic mass is 10.1. The molecule has 1 N–H and O–H groups in total. The van der Waals surface area contributed by atoms with Crippen LogP contribution in [0.5, 0.6) is 11.5 Å². The van der Waals surface area contributed by atoms with Gasteiger partial charge in [0.1, 0.15) is 5.03 Å². The van der Waals surface area contributed by atoms with Crippen LogP contribution in [0.1, 0.15) is 11.1 Å². The minimum absolute atomic E-state index is 0.0122. The Hall–Kier alpha value is -3.48. The van der Waals surface area contributed by atoms with E-state index in [2.05, 4.69) is 15.5 Å². The molecule has 0 spiro atoms. The fourth-order valence-electron chi connectivity index (χ4n) is 2.97. The lowest BCUT2D eigenvalue weighted by Crippen LogP contribution is -2.17. The van der Waals surface area contributed by atoms with E-state index in [4.69, 9.17) is 9.47 Å². The summed E-state index contributed by atoms with van der Waals surface area (Å²) in [5.41, 5.74) is -2.41. The fourth-order valence-corrected chi connectivity index (χ4v) is 3.58. The largest absolute Gasteiger partial charge is 0.454 e. The first-order chi connectivity index (χ1) is 16.0. The molecular weight excluding hydrogens is 488 g/mol. The molecule has 6 nitrogen and oxygen atoms in total. The number of halogens is 6. The van der Waals surface area contributed by atoms with Gasteiger partial charge < -0.3 is 14.8 Å². The molecule has 1 aliphatic heterocycles. The van der Waals surface area contributed by atoms with Gasteiger partial charge in [0, 0.05) is 11.3 Å². The van der Waals surface area contributed by atoms with Crippen LogP contribution < -0.4 is 14.8 Å². The number of alkyl halides is 6. The second kappa shape index (κ2) is 9.05. The Balaban J connectivity index is 1.40. The van der Waals surface area contributed by atoms with Gasteiger partial charge in [-0.1, -0.05) is 11.8 Å². The molecule has 4 rings (SSSR count). The summed E-state index contributed by atoms with van der Waals surface area (Å²) in [6.07, 6.45) is -10.0. The minimum Gasteiger partial charge on any atom is -0.454 e. The average Bonchev–Trinajstić information content (AvgIpc) is 3.24. The van der Waals surface area contributed by atoms with Gasteiger partial charge in [-0.2, -0.15) is 26.3 Å². The normalized spacial score (nSPS) is 13.1. The third kappa shape index (κ3) is 5.53. The summed E-state index contributed by atoms with van der Waals surface area (Å²) in [5.74, 6) is 0.0603. The van der Waals surface area contributed by atoms with Crippen LogP contribution in [0.25, 0.3) is 11.3 Å². The molecule has 0 atom stereocenters. The van der Waals surface area contributed by atoms with Crippen LogP contribution in [0.4, 0.5) is 32.0 Å². The second-order valence-corrected chi connectivity index (χ2v) is 7.95. The van der Waals surface area contributed by atoms with E-state index in [0.29, 0.717) is 34.4 Å². The van der Waals surface area contributed by atoms with Gasteiger partial charge >= 0.3 is 12.4 Å². The van der Waals surface area contributed by atoms with Crippen molar-refractivity contribution < 1.29 is 40.6 Å². The van der Waals surface area contributed by atoms with Crippen molar-refractivity contribution in [3.63, 3.8) is 0 Å². The second-order valence-electron chi connectivity index (χ2n) is 6.96. The highest BCUT2D eigenvalue weighted by Gasteiger charge is 2.37. The summed E-state index contributed by atoms with van der Waals surface area (Å²) in [5, 5.41) is 10.4. The molecule has 178 valence electrons. The van der Waals surface area contributed by atoms with Crippen molar-refractivity contribution in [1.29, 1.82) is 0 Å². The molecule has 1 aromatic heterocycles. The summed E-state index contributed by atoms with van der Waals surface area (Å²) in [6, 6.07) is 9.32. The first-order valence-electron chi connectivity index (χ1n) is 9.45. The van der Waals surface area contributed by atoms with Crippen molar-refractivity contribution in [2.24, 2.45) is 0 Å². The summed E-state index contributed by atoms with van der Waals surface area (Å²) in [6.45, 7) is 0.125. The number of amides is 1. The number of thioether (sulfide) groups is 1. The van der Waals surface area contributed by atoms with E-state index in [1.165, 1.54) is 0 Å². The van der Waals surface area contributed by atoms with Crippen molar-refractivity contribution in [3.8, 4) is 22.8 Å². The number of nitrogens with zero attached hydrogens (tertiary/aromatic N) is 2. The van der Waals surface area contributed by atoms with Crippen molar-refractivity contribution >= 4 is 23.4 Å². The Morgan fingerprint density at radius 1 is 0.882 bits per heavy atom. The molecule has 0 radical (unpaired) electrons. The van der Waals surface area contributed by atoms with Crippen LogP contribution in [-0.2, 0) is 17.1 Å². The average molecular weight is 501 g/mol. The quantitative estimate of drug-likeness (QED) is 0.360. The van der Waals surface area contributed by atoms with Gasteiger partial charge in [0.25, 0.3) is 0 Å². The third-order valence-corrected chi connectivity index (χ3v) is 5.45. The number of rotatable bonds is 5. The Bertz CT molecular complexity index is 1180. The maximum absolute atomic E-state index is 13.0. The highest BCUT2D eigenvalue weighted by molar-refractivity contribution is 7.99. The smallest absolute Gasteiger partial charge is 0.416 e. The molecule has 34 heavy (non-hydrogen) atoms. The molecular formula is C21H13F6N3O3S. The number of hydrogen-bond acceptors (Lipinski definition) is 6. The number of anilines is 1. The Morgan fingerprint density at radius 2 is 1.56 bits per heavy atom. The van der Waals surface area contributed by atoms with Gasteiger partial charge in [-0.25, -0.2) is 0 Å². The molecule has 1 aliphatic rings. The number of nitrogens with one attached hydrogen (secondary N) is 1.